The summed E-state index contributed by atoms with van der Waals surface area (Å²) in [7, 11) is 1.93. The molecule has 2 rings (SSSR count). The Morgan fingerprint density at radius 1 is 1.38 bits per heavy atom. The highest BCUT2D eigenvalue weighted by Gasteiger charge is 2.21. The van der Waals surface area contributed by atoms with Gasteiger partial charge < -0.3 is 0 Å². The quantitative estimate of drug-likeness (QED) is 0.631. The van der Waals surface area contributed by atoms with E-state index in [2.05, 4.69) is 35.5 Å². The average molecular weight is 311 g/mol. The fourth-order valence-corrected chi connectivity index (χ4v) is 2.76. The van der Waals surface area contributed by atoms with E-state index in [0.717, 1.165) is 40.8 Å². The van der Waals surface area contributed by atoms with Gasteiger partial charge >= 0.3 is 0 Å². The number of aromatic nitrogens is 4. The summed E-state index contributed by atoms with van der Waals surface area (Å²) in [6.07, 6.45) is 1.57. The van der Waals surface area contributed by atoms with E-state index in [-0.39, 0.29) is 6.04 Å². The normalized spacial score (nSPS) is 12.9. The van der Waals surface area contributed by atoms with Crippen LogP contribution in [0, 0.1) is 6.92 Å². The summed E-state index contributed by atoms with van der Waals surface area (Å²) in [6.45, 7) is 6.84. The fourth-order valence-electron chi connectivity index (χ4n) is 2.55. The number of rotatable bonds is 6. The van der Waals surface area contributed by atoms with Crippen molar-refractivity contribution in [1.29, 1.82) is 0 Å². The Morgan fingerprint density at radius 2 is 2.10 bits per heavy atom. The van der Waals surface area contributed by atoms with Gasteiger partial charge in [0.25, 0.3) is 0 Å². The zero-order valence-electron chi connectivity index (χ0n) is 13.0. The lowest BCUT2D eigenvalue weighted by Gasteiger charge is -2.17. The predicted molar refractivity (Wildman–Crippen MR) is 84.0 cm³/mol. The van der Waals surface area contributed by atoms with Crippen LogP contribution >= 0.6 is 11.6 Å². The second-order valence-corrected chi connectivity index (χ2v) is 5.50. The van der Waals surface area contributed by atoms with E-state index in [1.54, 1.807) is 0 Å². The van der Waals surface area contributed by atoms with Crippen molar-refractivity contribution in [1.82, 2.24) is 25.0 Å². The van der Waals surface area contributed by atoms with E-state index in [0.29, 0.717) is 6.42 Å². The first kappa shape index (κ1) is 16.0. The van der Waals surface area contributed by atoms with Crippen LogP contribution in [0.25, 0.3) is 0 Å². The lowest BCUT2D eigenvalue weighted by atomic mass is 10.1. The van der Waals surface area contributed by atoms with Gasteiger partial charge in [0.05, 0.1) is 33.8 Å². The Kier molecular flexibility index (Phi) is 5.03. The Bertz CT molecular complexity index is 615. The minimum absolute atomic E-state index is 0.0540. The van der Waals surface area contributed by atoms with Crippen LogP contribution in [0.3, 0.4) is 0 Å². The molecule has 0 saturated carbocycles. The first-order valence-corrected chi connectivity index (χ1v) is 7.60. The van der Waals surface area contributed by atoms with Crippen LogP contribution in [0.4, 0.5) is 0 Å². The van der Waals surface area contributed by atoms with E-state index in [1.807, 2.05) is 23.3 Å². The number of hydrogen-bond donors (Lipinski definition) is 2. The molecule has 0 amide bonds. The monoisotopic (exact) mass is 310 g/mol. The second-order valence-electron chi connectivity index (χ2n) is 5.12. The lowest BCUT2D eigenvalue weighted by Crippen LogP contribution is -2.31. The molecule has 0 radical (unpaired) electrons. The smallest absolute Gasteiger partial charge is 0.0847 e. The molecule has 0 fully saturated rings. The van der Waals surface area contributed by atoms with Crippen molar-refractivity contribution in [3.05, 3.63) is 33.9 Å². The molecule has 0 aliphatic rings. The number of nitrogens with zero attached hydrogens (tertiary/aromatic N) is 4. The van der Waals surface area contributed by atoms with Gasteiger partial charge in [0.1, 0.15) is 0 Å². The SMILES string of the molecule is CCc1cc(C(Cc2c(Cl)c(C)nn2CC)NN)n(C)n1. The van der Waals surface area contributed by atoms with Crippen LogP contribution in [0.5, 0.6) is 0 Å². The number of hydrogen-bond acceptors (Lipinski definition) is 4. The molecule has 0 saturated heterocycles. The summed E-state index contributed by atoms with van der Waals surface area (Å²) in [5, 5.41) is 9.64. The van der Waals surface area contributed by atoms with Gasteiger partial charge in [-0.25, -0.2) is 0 Å². The molecule has 3 N–H and O–H groups in total. The Hall–Kier alpha value is -1.37. The van der Waals surface area contributed by atoms with Gasteiger partial charge in [-0.15, -0.1) is 0 Å². The standard InChI is InChI=1S/C14H23ClN6/c1-5-10-7-12(20(4)19-10)11(17-16)8-13-14(15)9(3)18-21(13)6-2/h7,11,17H,5-6,8,16H2,1-4H3. The van der Waals surface area contributed by atoms with Gasteiger partial charge in [0.15, 0.2) is 0 Å². The Balaban J connectivity index is 2.33. The second kappa shape index (κ2) is 6.60. The number of halogens is 1. The first-order chi connectivity index (χ1) is 10.0. The molecule has 0 aliphatic heterocycles. The Morgan fingerprint density at radius 3 is 2.62 bits per heavy atom. The highest BCUT2D eigenvalue weighted by atomic mass is 35.5. The summed E-state index contributed by atoms with van der Waals surface area (Å²) >= 11 is 6.38. The molecule has 2 aromatic rings. The molecule has 7 heteroatoms. The minimum Gasteiger partial charge on any atom is -0.271 e. The number of nitrogens with two attached hydrogens (primary N) is 1. The van der Waals surface area contributed by atoms with Crippen LogP contribution in [0.15, 0.2) is 6.07 Å². The Labute approximate surface area is 130 Å². The molecule has 116 valence electrons. The zero-order valence-corrected chi connectivity index (χ0v) is 13.8. The highest BCUT2D eigenvalue weighted by Crippen LogP contribution is 2.26. The van der Waals surface area contributed by atoms with Gasteiger partial charge in [-0.1, -0.05) is 18.5 Å². The number of aryl methyl sites for hydroxylation is 4. The molecule has 2 aromatic heterocycles. The maximum absolute atomic E-state index is 6.38. The molecule has 1 atom stereocenters. The summed E-state index contributed by atoms with van der Waals surface area (Å²) < 4.78 is 3.80. The summed E-state index contributed by atoms with van der Waals surface area (Å²) in [5.74, 6) is 5.76. The van der Waals surface area contributed by atoms with Crippen molar-refractivity contribution in [3.63, 3.8) is 0 Å². The molecule has 6 nitrogen and oxygen atoms in total. The van der Waals surface area contributed by atoms with Crippen LogP contribution in [-0.4, -0.2) is 19.6 Å². The molecule has 0 bridgehead atoms. The van der Waals surface area contributed by atoms with Gasteiger partial charge in [-0.05, 0) is 26.3 Å². The van der Waals surface area contributed by atoms with Crippen molar-refractivity contribution >= 4 is 11.6 Å². The van der Waals surface area contributed by atoms with Crippen molar-refractivity contribution in [2.45, 2.75) is 46.2 Å². The van der Waals surface area contributed by atoms with E-state index in [9.17, 15) is 0 Å². The number of hydrazine groups is 1. The van der Waals surface area contributed by atoms with Crippen LogP contribution in [0.2, 0.25) is 5.02 Å². The van der Waals surface area contributed by atoms with E-state index >= 15 is 0 Å². The van der Waals surface area contributed by atoms with Crippen molar-refractivity contribution < 1.29 is 0 Å². The summed E-state index contributed by atoms with van der Waals surface area (Å²) in [6, 6.07) is 2.03. The number of nitrogens with one attached hydrogen (secondary N) is 1. The largest absolute Gasteiger partial charge is 0.271 e. The third kappa shape index (κ3) is 3.12. The highest BCUT2D eigenvalue weighted by molar-refractivity contribution is 6.31. The lowest BCUT2D eigenvalue weighted by molar-refractivity contribution is 0.486. The molecule has 0 aromatic carbocycles. The van der Waals surface area contributed by atoms with Gasteiger partial charge in [-0.3, -0.25) is 20.6 Å². The van der Waals surface area contributed by atoms with Gasteiger partial charge in [0, 0.05) is 20.0 Å². The van der Waals surface area contributed by atoms with Crippen molar-refractivity contribution in [3.8, 4) is 0 Å². The van der Waals surface area contributed by atoms with Crippen LogP contribution < -0.4 is 11.3 Å². The maximum Gasteiger partial charge on any atom is 0.0847 e. The molecule has 2 heterocycles. The van der Waals surface area contributed by atoms with Crippen molar-refractivity contribution in [2.75, 3.05) is 0 Å². The molecule has 21 heavy (non-hydrogen) atoms. The summed E-state index contributed by atoms with van der Waals surface area (Å²) in [4.78, 5) is 0. The van der Waals surface area contributed by atoms with Crippen LogP contribution in [0.1, 0.15) is 42.7 Å². The van der Waals surface area contributed by atoms with E-state index < -0.39 is 0 Å². The van der Waals surface area contributed by atoms with Gasteiger partial charge in [-0.2, -0.15) is 10.2 Å². The predicted octanol–water partition coefficient (Wildman–Crippen LogP) is 1.91. The van der Waals surface area contributed by atoms with E-state index in [1.165, 1.54) is 0 Å². The minimum atomic E-state index is -0.0540. The topological polar surface area (TPSA) is 73.7 Å². The van der Waals surface area contributed by atoms with Gasteiger partial charge in [0.2, 0.25) is 0 Å². The first-order valence-electron chi connectivity index (χ1n) is 7.22. The molecule has 1 unspecified atom stereocenters. The zero-order chi connectivity index (χ0) is 15.6. The molecular weight excluding hydrogens is 288 g/mol. The average Bonchev–Trinajstić information content (AvgIpc) is 2.98. The third-order valence-corrected chi connectivity index (χ3v) is 4.23. The van der Waals surface area contributed by atoms with Crippen LogP contribution in [-0.2, 0) is 26.4 Å². The molecular formula is C14H23ClN6. The fraction of sp³-hybridized carbons (Fsp3) is 0.571. The molecule has 0 aliphatic carbocycles. The van der Waals surface area contributed by atoms with E-state index in [4.69, 9.17) is 17.4 Å². The maximum atomic E-state index is 6.38. The summed E-state index contributed by atoms with van der Waals surface area (Å²) in [5.41, 5.74) is 6.82. The third-order valence-electron chi connectivity index (χ3n) is 3.74. The molecule has 0 spiro atoms. The van der Waals surface area contributed by atoms with Crippen molar-refractivity contribution in [2.24, 2.45) is 12.9 Å².